The van der Waals surface area contributed by atoms with Gasteiger partial charge in [-0.25, -0.2) is 4.98 Å². The zero-order chi connectivity index (χ0) is 10.2. The molecule has 3 heteroatoms. The maximum atomic E-state index is 4.26. The van der Waals surface area contributed by atoms with Crippen LogP contribution in [-0.2, 0) is 6.54 Å². The minimum atomic E-state index is 0.303. The van der Waals surface area contributed by atoms with Gasteiger partial charge >= 0.3 is 0 Å². The van der Waals surface area contributed by atoms with E-state index >= 15 is 0 Å². The Morgan fingerprint density at radius 1 is 1.57 bits per heavy atom. The number of hydrogen-bond acceptors (Lipinski definition) is 3. The first-order valence-corrected chi connectivity index (χ1v) is 6.06. The summed E-state index contributed by atoms with van der Waals surface area (Å²) in [5.41, 5.74) is 0.303. The molecule has 0 amide bonds. The van der Waals surface area contributed by atoms with Crippen molar-refractivity contribution in [2.45, 2.75) is 45.7 Å². The van der Waals surface area contributed by atoms with Crippen molar-refractivity contribution in [2.24, 2.45) is 5.92 Å². The van der Waals surface area contributed by atoms with E-state index in [2.05, 4.69) is 31.1 Å². The molecule has 1 N–H and O–H groups in total. The second-order valence-corrected chi connectivity index (χ2v) is 6.01. The highest BCUT2D eigenvalue weighted by Crippen LogP contribution is 2.39. The van der Waals surface area contributed by atoms with Crippen LogP contribution in [0.1, 0.15) is 36.6 Å². The Morgan fingerprint density at radius 3 is 2.79 bits per heavy atom. The summed E-state index contributed by atoms with van der Waals surface area (Å²) in [6.45, 7) is 7.63. The van der Waals surface area contributed by atoms with E-state index in [1.54, 1.807) is 11.3 Å². The van der Waals surface area contributed by atoms with Crippen LogP contribution in [0, 0.1) is 12.8 Å². The van der Waals surface area contributed by atoms with Crippen LogP contribution < -0.4 is 5.32 Å². The third kappa shape index (κ3) is 2.34. The second-order valence-electron chi connectivity index (χ2n) is 4.70. The van der Waals surface area contributed by atoms with Crippen molar-refractivity contribution < 1.29 is 0 Å². The fourth-order valence-electron chi connectivity index (χ4n) is 1.75. The molecule has 0 saturated heterocycles. The first kappa shape index (κ1) is 10.1. The van der Waals surface area contributed by atoms with Crippen molar-refractivity contribution in [2.75, 3.05) is 0 Å². The van der Waals surface area contributed by atoms with Crippen LogP contribution in [0.5, 0.6) is 0 Å². The van der Waals surface area contributed by atoms with E-state index in [4.69, 9.17) is 0 Å². The normalized spacial score (nSPS) is 17.4. The van der Waals surface area contributed by atoms with Crippen LogP contribution in [0.25, 0.3) is 0 Å². The summed E-state index contributed by atoms with van der Waals surface area (Å²) in [5, 5.41) is 4.78. The summed E-state index contributed by atoms with van der Waals surface area (Å²) < 4.78 is 0. The molecule has 1 aliphatic rings. The lowest BCUT2D eigenvalue weighted by Gasteiger charge is -2.25. The monoisotopic (exact) mass is 210 g/mol. The van der Waals surface area contributed by atoms with Gasteiger partial charge in [0.2, 0.25) is 0 Å². The standard InChI is InChI=1S/C11H18N2S/c1-8-12-6-10(14-8)7-13-11(2,3)9-4-5-9/h6,9,13H,4-5,7H2,1-3H3. The Morgan fingerprint density at radius 2 is 2.29 bits per heavy atom. The van der Waals surface area contributed by atoms with Crippen LogP contribution in [0.4, 0.5) is 0 Å². The summed E-state index contributed by atoms with van der Waals surface area (Å²) in [6, 6.07) is 0. The van der Waals surface area contributed by atoms with Crippen molar-refractivity contribution in [1.82, 2.24) is 10.3 Å². The van der Waals surface area contributed by atoms with Gasteiger partial charge in [-0.2, -0.15) is 0 Å². The van der Waals surface area contributed by atoms with Crippen LogP contribution in [0.3, 0.4) is 0 Å². The third-order valence-corrected chi connectivity index (χ3v) is 3.90. The Kier molecular flexibility index (Phi) is 2.62. The van der Waals surface area contributed by atoms with Crippen molar-refractivity contribution in [3.05, 3.63) is 16.1 Å². The molecule has 1 heterocycles. The van der Waals surface area contributed by atoms with Gasteiger partial charge in [0, 0.05) is 23.2 Å². The molecule has 1 aromatic heterocycles. The van der Waals surface area contributed by atoms with Crippen LogP contribution in [-0.4, -0.2) is 10.5 Å². The Bertz CT molecular complexity index is 313. The van der Waals surface area contributed by atoms with Gasteiger partial charge in [-0.1, -0.05) is 0 Å². The molecule has 2 nitrogen and oxygen atoms in total. The molecular formula is C11H18N2S. The first-order chi connectivity index (χ1) is 6.58. The molecule has 1 aromatic rings. The zero-order valence-electron chi connectivity index (χ0n) is 9.13. The highest BCUT2D eigenvalue weighted by atomic mass is 32.1. The van der Waals surface area contributed by atoms with E-state index in [-0.39, 0.29) is 0 Å². The number of nitrogens with zero attached hydrogens (tertiary/aromatic N) is 1. The smallest absolute Gasteiger partial charge is 0.0897 e. The van der Waals surface area contributed by atoms with Gasteiger partial charge < -0.3 is 5.32 Å². The van der Waals surface area contributed by atoms with Crippen molar-refractivity contribution in [1.29, 1.82) is 0 Å². The van der Waals surface area contributed by atoms with Crippen molar-refractivity contribution in [3.63, 3.8) is 0 Å². The molecule has 14 heavy (non-hydrogen) atoms. The molecule has 1 aliphatic carbocycles. The molecule has 2 rings (SSSR count). The van der Waals surface area contributed by atoms with Gasteiger partial charge in [-0.15, -0.1) is 11.3 Å². The van der Waals surface area contributed by atoms with E-state index in [1.807, 2.05) is 6.20 Å². The molecule has 0 spiro atoms. The van der Waals surface area contributed by atoms with Gasteiger partial charge in [-0.05, 0) is 39.5 Å². The lowest BCUT2D eigenvalue weighted by molar-refractivity contribution is 0.340. The van der Waals surface area contributed by atoms with Crippen LogP contribution in [0.15, 0.2) is 6.20 Å². The Hall–Kier alpha value is -0.410. The quantitative estimate of drug-likeness (QED) is 0.826. The number of aromatic nitrogens is 1. The SMILES string of the molecule is Cc1ncc(CNC(C)(C)C2CC2)s1. The van der Waals surface area contributed by atoms with Crippen molar-refractivity contribution >= 4 is 11.3 Å². The fraction of sp³-hybridized carbons (Fsp3) is 0.727. The molecule has 1 saturated carbocycles. The average molecular weight is 210 g/mol. The lowest BCUT2D eigenvalue weighted by Crippen LogP contribution is -2.40. The van der Waals surface area contributed by atoms with Crippen LogP contribution >= 0.6 is 11.3 Å². The molecule has 0 aromatic carbocycles. The Labute approximate surface area is 89.8 Å². The van der Waals surface area contributed by atoms with E-state index in [0.29, 0.717) is 5.54 Å². The highest BCUT2D eigenvalue weighted by Gasteiger charge is 2.37. The van der Waals surface area contributed by atoms with E-state index in [0.717, 1.165) is 17.5 Å². The van der Waals surface area contributed by atoms with Gasteiger partial charge in [0.25, 0.3) is 0 Å². The zero-order valence-corrected chi connectivity index (χ0v) is 9.95. The predicted octanol–water partition coefficient (Wildman–Crippen LogP) is 2.73. The molecule has 0 bridgehead atoms. The lowest BCUT2D eigenvalue weighted by atomic mass is 9.99. The topological polar surface area (TPSA) is 24.9 Å². The largest absolute Gasteiger partial charge is 0.307 e. The predicted molar refractivity (Wildman–Crippen MR) is 60.5 cm³/mol. The number of nitrogens with one attached hydrogen (secondary N) is 1. The first-order valence-electron chi connectivity index (χ1n) is 5.24. The molecular weight excluding hydrogens is 192 g/mol. The summed E-state index contributed by atoms with van der Waals surface area (Å²) in [6.07, 6.45) is 4.76. The van der Waals surface area contributed by atoms with Gasteiger partial charge in [0.1, 0.15) is 0 Å². The third-order valence-electron chi connectivity index (χ3n) is 2.99. The van der Waals surface area contributed by atoms with E-state index in [9.17, 15) is 0 Å². The summed E-state index contributed by atoms with van der Waals surface area (Å²) in [5.74, 6) is 0.886. The minimum absolute atomic E-state index is 0.303. The number of rotatable bonds is 4. The minimum Gasteiger partial charge on any atom is -0.307 e. The molecule has 1 fully saturated rings. The van der Waals surface area contributed by atoms with Crippen molar-refractivity contribution in [3.8, 4) is 0 Å². The van der Waals surface area contributed by atoms with Crippen LogP contribution in [0.2, 0.25) is 0 Å². The summed E-state index contributed by atoms with van der Waals surface area (Å²) in [4.78, 5) is 5.60. The molecule has 0 radical (unpaired) electrons. The van der Waals surface area contributed by atoms with Gasteiger partial charge in [0.15, 0.2) is 0 Å². The van der Waals surface area contributed by atoms with Gasteiger partial charge in [-0.3, -0.25) is 0 Å². The molecule has 0 atom stereocenters. The highest BCUT2D eigenvalue weighted by molar-refractivity contribution is 7.11. The maximum absolute atomic E-state index is 4.26. The maximum Gasteiger partial charge on any atom is 0.0897 e. The number of thiazole rings is 1. The second kappa shape index (κ2) is 3.63. The van der Waals surface area contributed by atoms with E-state index in [1.165, 1.54) is 17.7 Å². The number of hydrogen-bond donors (Lipinski definition) is 1. The molecule has 0 aliphatic heterocycles. The Balaban J connectivity index is 1.87. The molecule has 0 unspecified atom stereocenters. The summed E-state index contributed by atoms with van der Waals surface area (Å²) in [7, 11) is 0. The fourth-order valence-corrected chi connectivity index (χ4v) is 2.49. The summed E-state index contributed by atoms with van der Waals surface area (Å²) >= 11 is 1.79. The number of aryl methyl sites for hydroxylation is 1. The molecule has 78 valence electrons. The van der Waals surface area contributed by atoms with Gasteiger partial charge in [0.05, 0.1) is 5.01 Å². The van der Waals surface area contributed by atoms with E-state index < -0.39 is 0 Å². The average Bonchev–Trinajstić information content (AvgIpc) is 2.89.